The molecule has 0 saturated heterocycles. The molecule has 1 amide bonds. The van der Waals surface area contributed by atoms with E-state index in [2.05, 4.69) is 16.4 Å². The van der Waals surface area contributed by atoms with E-state index in [0.29, 0.717) is 0 Å². The van der Waals surface area contributed by atoms with Crippen molar-refractivity contribution < 1.29 is 9.18 Å². The molecule has 0 unspecified atom stereocenters. The van der Waals surface area contributed by atoms with Crippen molar-refractivity contribution in [2.75, 3.05) is 0 Å². The standard InChI is InChI=1S/C9H7N3O.C2HF.2ClH/c10-8(13)9-11-5-6-3-1-2-4-7(6)12-9;1-2-3;;/h1-5H,(H2,10,13);1H;2*1H. The number of nitrogens with two attached hydrogens (primary N) is 1. The minimum atomic E-state index is -0.606. The fourth-order valence-corrected chi connectivity index (χ4v) is 1.09. The van der Waals surface area contributed by atoms with Crippen molar-refractivity contribution in [1.82, 2.24) is 9.97 Å². The number of para-hydroxylation sites is 1. The summed E-state index contributed by atoms with van der Waals surface area (Å²) >= 11 is 0. The van der Waals surface area contributed by atoms with Gasteiger partial charge in [0.25, 0.3) is 5.91 Å². The molecule has 1 aromatic carbocycles. The average Bonchev–Trinajstić information content (AvgIpc) is 2.29. The van der Waals surface area contributed by atoms with E-state index in [4.69, 9.17) is 5.73 Å². The number of rotatable bonds is 1. The molecule has 2 N–H and O–H groups in total. The highest BCUT2D eigenvalue weighted by atomic mass is 35.5. The van der Waals surface area contributed by atoms with Gasteiger partial charge in [0.05, 0.1) is 5.52 Å². The summed E-state index contributed by atoms with van der Waals surface area (Å²) in [6.07, 6.45) is 6.27. The van der Waals surface area contributed by atoms with Crippen LogP contribution in [0.4, 0.5) is 4.39 Å². The normalized spacial score (nSPS) is 7.78. The summed E-state index contributed by atoms with van der Waals surface area (Å²) in [5.74, 6) is -0.551. The van der Waals surface area contributed by atoms with Gasteiger partial charge in [-0.25, -0.2) is 9.97 Å². The first kappa shape index (κ1) is 18.5. The molecule has 18 heavy (non-hydrogen) atoms. The van der Waals surface area contributed by atoms with Gasteiger partial charge in [0.1, 0.15) is 6.17 Å². The lowest BCUT2D eigenvalue weighted by Gasteiger charge is -1.96. The number of aromatic nitrogens is 2. The Morgan fingerprint density at radius 3 is 2.44 bits per heavy atom. The van der Waals surface area contributed by atoms with Crippen molar-refractivity contribution in [3.63, 3.8) is 0 Å². The SMILES string of the molecule is C#CF.Cl.Cl.NC(=O)c1ncc2ccccc2n1. The number of terminal acetylenes is 1. The van der Waals surface area contributed by atoms with E-state index in [0.717, 1.165) is 17.1 Å². The minimum Gasteiger partial charge on any atom is -0.363 e. The number of hydrogen-bond acceptors (Lipinski definition) is 3. The van der Waals surface area contributed by atoms with Crippen molar-refractivity contribution in [3.8, 4) is 12.6 Å². The lowest BCUT2D eigenvalue weighted by molar-refractivity contribution is 0.0991. The van der Waals surface area contributed by atoms with Gasteiger partial charge in [-0.15, -0.1) is 29.2 Å². The number of hydrogen-bond donors (Lipinski definition) is 1. The summed E-state index contributed by atoms with van der Waals surface area (Å²) < 4.78 is 9.82. The monoisotopic (exact) mass is 289 g/mol. The zero-order chi connectivity index (χ0) is 12.0. The minimum absolute atomic E-state index is 0. The fourth-order valence-electron chi connectivity index (χ4n) is 1.09. The van der Waals surface area contributed by atoms with E-state index in [1.165, 1.54) is 0 Å². The van der Waals surface area contributed by atoms with Crippen LogP contribution in [-0.2, 0) is 0 Å². The summed E-state index contributed by atoms with van der Waals surface area (Å²) in [5.41, 5.74) is 5.77. The number of primary amides is 1. The Balaban J connectivity index is 0. The quantitative estimate of drug-likeness (QED) is 0.818. The molecule has 0 aliphatic carbocycles. The summed E-state index contributed by atoms with van der Waals surface area (Å²) in [6, 6.07) is 7.42. The Hall–Kier alpha value is -1.90. The molecule has 2 rings (SSSR count). The topological polar surface area (TPSA) is 68.9 Å². The summed E-state index contributed by atoms with van der Waals surface area (Å²) in [4.78, 5) is 18.6. The summed E-state index contributed by atoms with van der Waals surface area (Å²) in [5, 5.41) is 0.896. The second-order valence-corrected chi connectivity index (χ2v) is 2.73. The van der Waals surface area contributed by atoms with Crippen LogP contribution >= 0.6 is 24.8 Å². The lowest BCUT2D eigenvalue weighted by Crippen LogP contribution is -2.14. The third-order valence-corrected chi connectivity index (χ3v) is 1.71. The van der Waals surface area contributed by atoms with Crippen molar-refractivity contribution in [3.05, 3.63) is 36.3 Å². The maximum atomic E-state index is 10.7. The number of carbonyl (C=O) groups excluding carboxylic acids is 1. The maximum Gasteiger partial charge on any atom is 0.286 e. The van der Waals surface area contributed by atoms with Gasteiger partial charge >= 0.3 is 0 Å². The summed E-state index contributed by atoms with van der Waals surface area (Å²) in [7, 11) is 0. The van der Waals surface area contributed by atoms with Crippen molar-refractivity contribution in [2.24, 2.45) is 5.73 Å². The highest BCUT2D eigenvalue weighted by Crippen LogP contribution is 2.08. The molecule has 4 nitrogen and oxygen atoms in total. The van der Waals surface area contributed by atoms with Crippen molar-refractivity contribution in [1.29, 1.82) is 0 Å². The number of benzene rings is 1. The van der Waals surface area contributed by atoms with Gasteiger partial charge in [-0.3, -0.25) is 4.79 Å². The first-order valence-electron chi connectivity index (χ1n) is 4.27. The van der Waals surface area contributed by atoms with E-state index >= 15 is 0 Å². The Morgan fingerprint density at radius 1 is 1.33 bits per heavy atom. The molecule has 0 radical (unpaired) electrons. The van der Waals surface area contributed by atoms with Gasteiger partial charge in [-0.1, -0.05) is 24.6 Å². The molecule has 0 bridgehead atoms. The largest absolute Gasteiger partial charge is 0.363 e. The van der Waals surface area contributed by atoms with Crippen LogP contribution in [0.3, 0.4) is 0 Å². The highest BCUT2D eigenvalue weighted by Gasteiger charge is 2.03. The van der Waals surface area contributed by atoms with Gasteiger partial charge in [0.2, 0.25) is 5.82 Å². The van der Waals surface area contributed by atoms with Gasteiger partial charge in [0.15, 0.2) is 0 Å². The zero-order valence-corrected chi connectivity index (χ0v) is 10.7. The lowest BCUT2D eigenvalue weighted by atomic mass is 10.2. The van der Waals surface area contributed by atoms with Crippen LogP contribution in [0.5, 0.6) is 0 Å². The molecule has 0 aliphatic rings. The number of fused-ring (bicyclic) bond motifs is 1. The summed E-state index contributed by atoms with van der Waals surface area (Å²) in [6.45, 7) is 0. The molecule has 0 aliphatic heterocycles. The van der Waals surface area contributed by atoms with Crippen LogP contribution in [0.15, 0.2) is 30.5 Å². The van der Waals surface area contributed by atoms with Crippen LogP contribution in [-0.4, -0.2) is 15.9 Å². The van der Waals surface area contributed by atoms with Gasteiger partial charge in [-0.2, -0.15) is 0 Å². The molecule has 7 heteroatoms. The molecular formula is C11H10Cl2FN3O. The first-order chi connectivity index (χ1) is 7.69. The molecule has 96 valence electrons. The van der Waals surface area contributed by atoms with Crippen LogP contribution < -0.4 is 5.73 Å². The third-order valence-electron chi connectivity index (χ3n) is 1.71. The number of nitrogens with zero attached hydrogens (tertiary/aromatic N) is 2. The number of halogens is 3. The molecule has 0 fully saturated rings. The van der Waals surface area contributed by atoms with E-state index in [9.17, 15) is 9.18 Å². The van der Waals surface area contributed by atoms with E-state index in [1.807, 2.05) is 24.3 Å². The molecular weight excluding hydrogens is 280 g/mol. The average molecular weight is 290 g/mol. The highest BCUT2D eigenvalue weighted by molar-refractivity contribution is 5.91. The van der Waals surface area contributed by atoms with E-state index < -0.39 is 5.91 Å². The van der Waals surface area contributed by atoms with Crippen LogP contribution in [0, 0.1) is 12.6 Å². The fraction of sp³-hybridized carbons (Fsp3) is 0. The van der Waals surface area contributed by atoms with Gasteiger partial charge in [-0.05, 0) is 6.07 Å². The van der Waals surface area contributed by atoms with Crippen LogP contribution in [0.2, 0.25) is 0 Å². The molecule has 0 atom stereocenters. The predicted octanol–water partition coefficient (Wildman–Crippen LogP) is 2.12. The smallest absolute Gasteiger partial charge is 0.286 e. The Kier molecular flexibility index (Phi) is 9.40. The molecule has 0 spiro atoms. The van der Waals surface area contributed by atoms with Crippen LogP contribution in [0.1, 0.15) is 10.6 Å². The van der Waals surface area contributed by atoms with Gasteiger partial charge in [0, 0.05) is 11.6 Å². The maximum absolute atomic E-state index is 10.7. The third kappa shape index (κ3) is 4.95. The van der Waals surface area contributed by atoms with Crippen LogP contribution in [0.25, 0.3) is 10.9 Å². The number of carbonyl (C=O) groups is 1. The molecule has 1 aromatic heterocycles. The second kappa shape index (κ2) is 9.16. The number of amides is 1. The van der Waals surface area contributed by atoms with E-state index in [-0.39, 0.29) is 30.6 Å². The Morgan fingerprint density at radius 2 is 1.89 bits per heavy atom. The molecule has 0 saturated carbocycles. The molecule has 2 aromatic rings. The van der Waals surface area contributed by atoms with Gasteiger partial charge < -0.3 is 5.73 Å². The molecule has 1 heterocycles. The zero-order valence-electron chi connectivity index (χ0n) is 9.04. The Bertz CT molecular complexity index is 557. The second-order valence-electron chi connectivity index (χ2n) is 2.73. The van der Waals surface area contributed by atoms with E-state index in [1.54, 1.807) is 6.20 Å². The van der Waals surface area contributed by atoms with Crippen molar-refractivity contribution in [2.45, 2.75) is 0 Å². The Labute approximate surface area is 116 Å². The first-order valence-corrected chi connectivity index (χ1v) is 4.27. The predicted molar refractivity (Wildman–Crippen MR) is 72.5 cm³/mol. The van der Waals surface area contributed by atoms with Crippen molar-refractivity contribution >= 4 is 41.6 Å².